The lowest BCUT2D eigenvalue weighted by Gasteiger charge is -2.14. The van der Waals surface area contributed by atoms with E-state index in [9.17, 15) is 4.79 Å². The molecule has 3 aromatic rings. The Morgan fingerprint density at radius 3 is 2.56 bits per heavy atom. The molecule has 0 saturated heterocycles. The lowest BCUT2D eigenvalue weighted by molar-refractivity contribution is 0.0934. The monoisotopic (exact) mass is 401 g/mol. The number of halogens is 1. The third kappa shape index (κ3) is 3.51. The summed E-state index contributed by atoms with van der Waals surface area (Å²) < 4.78 is 2.83. The van der Waals surface area contributed by atoms with Gasteiger partial charge in [0.15, 0.2) is 0 Å². The smallest absolute Gasteiger partial charge is 0.269 e. The Kier molecular flexibility index (Phi) is 4.76. The van der Waals surface area contributed by atoms with Crippen LogP contribution in [0.3, 0.4) is 0 Å². The molecule has 0 radical (unpaired) electrons. The van der Waals surface area contributed by atoms with E-state index in [-0.39, 0.29) is 11.9 Å². The van der Waals surface area contributed by atoms with E-state index in [1.54, 1.807) is 6.07 Å². The van der Waals surface area contributed by atoms with Crippen molar-refractivity contribution in [3.05, 3.63) is 57.4 Å². The fourth-order valence-electron chi connectivity index (χ4n) is 2.97. The molecule has 1 unspecified atom stereocenters. The van der Waals surface area contributed by atoms with E-state index in [4.69, 9.17) is 0 Å². The highest BCUT2D eigenvalue weighted by Gasteiger charge is 2.20. The first-order valence-electron chi connectivity index (χ1n) is 7.99. The van der Waals surface area contributed by atoms with Gasteiger partial charge in [-0.2, -0.15) is 10.2 Å². The van der Waals surface area contributed by atoms with E-state index < -0.39 is 0 Å². The number of nitrogens with zero attached hydrogens (tertiary/aromatic N) is 3. The van der Waals surface area contributed by atoms with Crippen molar-refractivity contribution < 1.29 is 4.79 Å². The molecule has 0 saturated carbocycles. The fraction of sp³-hybridized carbons (Fsp3) is 0.278. The Hall–Kier alpha value is -2.41. The van der Waals surface area contributed by atoms with E-state index in [1.807, 2.05) is 56.8 Å². The average Bonchev–Trinajstić information content (AvgIpc) is 3.14. The molecule has 0 aliphatic carbocycles. The van der Waals surface area contributed by atoms with Crippen LogP contribution in [-0.4, -0.2) is 25.9 Å². The molecular weight excluding hydrogens is 382 g/mol. The topological polar surface area (TPSA) is 75.6 Å². The van der Waals surface area contributed by atoms with Gasteiger partial charge in [0, 0.05) is 28.3 Å². The summed E-state index contributed by atoms with van der Waals surface area (Å²) in [5.41, 5.74) is 5.13. The van der Waals surface area contributed by atoms with Crippen LogP contribution < -0.4 is 5.32 Å². The van der Waals surface area contributed by atoms with Crippen molar-refractivity contribution in [1.29, 1.82) is 0 Å². The third-order valence-corrected chi connectivity index (χ3v) is 4.84. The summed E-state index contributed by atoms with van der Waals surface area (Å²) in [7, 11) is 1.90. The molecule has 1 atom stereocenters. The number of H-pyrrole nitrogens is 1. The van der Waals surface area contributed by atoms with Crippen LogP contribution >= 0.6 is 15.9 Å². The highest BCUT2D eigenvalue weighted by atomic mass is 79.9. The molecule has 0 fully saturated rings. The SMILES string of the molecule is Cc1nn(C)c(C)c1C(C)NC(=O)c1cc(-c2ccc(Br)cc2)n[nH]1. The van der Waals surface area contributed by atoms with Gasteiger partial charge in [-0.25, -0.2) is 0 Å². The highest BCUT2D eigenvalue weighted by Crippen LogP contribution is 2.23. The number of carbonyl (C=O) groups excluding carboxylic acids is 1. The zero-order chi connectivity index (χ0) is 18.1. The predicted octanol–water partition coefficient (Wildman–Crippen LogP) is 3.68. The number of aromatic amines is 1. The summed E-state index contributed by atoms with van der Waals surface area (Å²) in [6, 6.07) is 9.41. The molecule has 6 nitrogen and oxygen atoms in total. The van der Waals surface area contributed by atoms with Gasteiger partial charge in [-0.1, -0.05) is 28.1 Å². The first kappa shape index (κ1) is 17.4. The molecule has 130 valence electrons. The van der Waals surface area contributed by atoms with Crippen molar-refractivity contribution in [2.24, 2.45) is 7.05 Å². The van der Waals surface area contributed by atoms with Gasteiger partial charge in [-0.15, -0.1) is 0 Å². The second-order valence-corrected chi connectivity index (χ2v) is 6.99. The number of hydrogen-bond donors (Lipinski definition) is 2. The van der Waals surface area contributed by atoms with Crippen molar-refractivity contribution in [1.82, 2.24) is 25.3 Å². The van der Waals surface area contributed by atoms with Crippen LogP contribution in [0.1, 0.15) is 40.4 Å². The summed E-state index contributed by atoms with van der Waals surface area (Å²) in [6.45, 7) is 5.91. The number of amides is 1. The van der Waals surface area contributed by atoms with Gasteiger partial charge in [0.2, 0.25) is 0 Å². The summed E-state index contributed by atoms with van der Waals surface area (Å²) >= 11 is 3.41. The van der Waals surface area contributed by atoms with Crippen molar-refractivity contribution in [2.75, 3.05) is 0 Å². The number of nitrogens with one attached hydrogen (secondary N) is 2. The predicted molar refractivity (Wildman–Crippen MR) is 100 cm³/mol. The number of aromatic nitrogens is 4. The average molecular weight is 402 g/mol. The maximum Gasteiger partial charge on any atom is 0.269 e. The van der Waals surface area contributed by atoms with Crippen LogP contribution in [0, 0.1) is 13.8 Å². The molecule has 2 heterocycles. The van der Waals surface area contributed by atoms with Crippen LogP contribution in [-0.2, 0) is 7.05 Å². The molecule has 25 heavy (non-hydrogen) atoms. The van der Waals surface area contributed by atoms with Crippen molar-refractivity contribution in [3.63, 3.8) is 0 Å². The van der Waals surface area contributed by atoms with Gasteiger partial charge >= 0.3 is 0 Å². The number of carbonyl (C=O) groups is 1. The van der Waals surface area contributed by atoms with E-state index in [2.05, 4.69) is 36.5 Å². The molecular formula is C18H20BrN5O. The molecule has 0 spiro atoms. The van der Waals surface area contributed by atoms with Crippen LogP contribution in [0.25, 0.3) is 11.3 Å². The van der Waals surface area contributed by atoms with Crippen molar-refractivity contribution in [2.45, 2.75) is 26.8 Å². The largest absolute Gasteiger partial charge is 0.344 e. The molecule has 3 rings (SSSR count). The number of benzene rings is 1. The number of rotatable bonds is 4. The van der Waals surface area contributed by atoms with Gasteiger partial charge in [0.05, 0.1) is 17.4 Å². The normalized spacial score (nSPS) is 12.2. The van der Waals surface area contributed by atoms with Gasteiger partial charge < -0.3 is 5.32 Å². The number of aryl methyl sites for hydroxylation is 2. The van der Waals surface area contributed by atoms with Crippen LogP contribution in [0.15, 0.2) is 34.8 Å². The molecule has 2 aromatic heterocycles. The third-order valence-electron chi connectivity index (χ3n) is 4.31. The minimum atomic E-state index is -0.189. The van der Waals surface area contributed by atoms with Gasteiger partial charge in [0.25, 0.3) is 5.91 Å². The fourth-order valence-corrected chi connectivity index (χ4v) is 3.23. The molecule has 1 aromatic carbocycles. The number of hydrogen-bond acceptors (Lipinski definition) is 3. The lowest BCUT2D eigenvalue weighted by atomic mass is 10.1. The maximum absolute atomic E-state index is 12.5. The Bertz CT molecular complexity index is 910. The second kappa shape index (κ2) is 6.84. The van der Waals surface area contributed by atoms with Crippen molar-refractivity contribution in [3.8, 4) is 11.3 Å². The van der Waals surface area contributed by atoms with Crippen LogP contribution in [0.4, 0.5) is 0 Å². The molecule has 7 heteroatoms. The molecule has 1 amide bonds. The quantitative estimate of drug-likeness (QED) is 0.699. The highest BCUT2D eigenvalue weighted by molar-refractivity contribution is 9.10. The molecule has 2 N–H and O–H groups in total. The first-order valence-corrected chi connectivity index (χ1v) is 8.78. The summed E-state index contributed by atoms with van der Waals surface area (Å²) in [5.74, 6) is -0.189. The second-order valence-electron chi connectivity index (χ2n) is 6.08. The van der Waals surface area contributed by atoms with Gasteiger partial charge in [-0.05, 0) is 39.0 Å². The standard InChI is InChI=1S/C18H20BrN5O/c1-10(17-11(2)23-24(4)12(17)3)20-18(25)16-9-15(21-22-16)13-5-7-14(19)8-6-13/h5-10H,1-4H3,(H,20,25)(H,21,22). The Balaban J connectivity index is 1.76. The lowest BCUT2D eigenvalue weighted by Crippen LogP contribution is -2.27. The Morgan fingerprint density at radius 2 is 1.96 bits per heavy atom. The minimum Gasteiger partial charge on any atom is -0.344 e. The first-order chi connectivity index (χ1) is 11.9. The van der Waals surface area contributed by atoms with Crippen LogP contribution in [0.5, 0.6) is 0 Å². The summed E-state index contributed by atoms with van der Waals surface area (Å²) in [5, 5.41) is 14.5. The zero-order valence-electron chi connectivity index (χ0n) is 14.6. The Labute approximate surface area is 154 Å². The van der Waals surface area contributed by atoms with E-state index in [0.29, 0.717) is 5.69 Å². The minimum absolute atomic E-state index is 0.138. The van der Waals surface area contributed by atoms with Crippen molar-refractivity contribution >= 4 is 21.8 Å². The maximum atomic E-state index is 12.5. The van der Waals surface area contributed by atoms with E-state index in [0.717, 1.165) is 32.7 Å². The summed E-state index contributed by atoms with van der Waals surface area (Å²) in [4.78, 5) is 12.5. The van der Waals surface area contributed by atoms with Crippen LogP contribution in [0.2, 0.25) is 0 Å². The summed E-state index contributed by atoms with van der Waals surface area (Å²) in [6.07, 6.45) is 0. The Morgan fingerprint density at radius 1 is 1.28 bits per heavy atom. The van der Waals surface area contributed by atoms with Gasteiger partial charge in [0.1, 0.15) is 5.69 Å². The van der Waals surface area contributed by atoms with E-state index >= 15 is 0 Å². The molecule has 0 aliphatic rings. The van der Waals surface area contributed by atoms with E-state index in [1.165, 1.54) is 0 Å². The molecule has 0 bridgehead atoms. The zero-order valence-corrected chi connectivity index (χ0v) is 16.2. The molecule has 0 aliphatic heterocycles. The van der Waals surface area contributed by atoms with Gasteiger partial charge in [-0.3, -0.25) is 14.6 Å².